The molecule has 2 aromatic heterocycles. The number of aliphatic hydroxyl groups excluding tert-OH is 1. The average molecular weight is 703 g/mol. The first kappa shape index (κ1) is 35.8. The second-order valence-electron chi connectivity index (χ2n) is 16.8. The first-order chi connectivity index (χ1) is 25.6. The number of nitrogens with one attached hydrogen (secondary N) is 1. The van der Waals surface area contributed by atoms with E-state index in [0.29, 0.717) is 0 Å². The largest absolute Gasteiger partial charge is 0.395 e. The molecule has 1 saturated heterocycles. The SMILES string of the molecule is Cc1nn2c(N3CCN(CCO)CC3)cc(-c3cccc(CCCCCCCCNCCC4C5CC6CC(C5)CC4C6)c3)nc2c1-c1ccccc1. The average Bonchev–Trinajstić information content (AvgIpc) is 3.50. The normalized spacial score (nSPS) is 24.3. The number of anilines is 1. The minimum atomic E-state index is 0.206. The van der Waals surface area contributed by atoms with Gasteiger partial charge in [-0.05, 0) is 125 Å². The number of aromatic nitrogens is 3. The molecule has 4 saturated carbocycles. The van der Waals surface area contributed by atoms with Crippen LogP contribution in [0.15, 0.2) is 60.7 Å². The zero-order chi connectivity index (χ0) is 35.3. The molecule has 4 bridgehead atoms. The van der Waals surface area contributed by atoms with Crippen LogP contribution < -0.4 is 10.2 Å². The predicted octanol–water partition coefficient (Wildman–Crippen LogP) is 8.42. The summed E-state index contributed by atoms with van der Waals surface area (Å²) in [6.45, 7) is 9.14. The molecule has 1 aliphatic heterocycles. The summed E-state index contributed by atoms with van der Waals surface area (Å²) in [7, 11) is 0. The van der Waals surface area contributed by atoms with Gasteiger partial charge in [-0.3, -0.25) is 4.90 Å². The fourth-order valence-electron chi connectivity index (χ4n) is 10.8. The third-order valence-corrected chi connectivity index (χ3v) is 13.3. The van der Waals surface area contributed by atoms with Crippen LogP contribution in [0.1, 0.15) is 88.3 Å². The van der Waals surface area contributed by atoms with Crippen molar-refractivity contribution in [1.29, 1.82) is 0 Å². The van der Waals surface area contributed by atoms with E-state index in [1.54, 1.807) is 32.1 Å². The minimum absolute atomic E-state index is 0.206. The third kappa shape index (κ3) is 8.12. The fraction of sp³-hybridized carbons (Fsp3) is 0.600. The molecule has 0 spiro atoms. The van der Waals surface area contributed by atoms with E-state index in [1.807, 2.05) is 0 Å². The zero-order valence-electron chi connectivity index (χ0n) is 31.7. The van der Waals surface area contributed by atoms with Crippen molar-refractivity contribution < 1.29 is 5.11 Å². The highest BCUT2D eigenvalue weighted by Crippen LogP contribution is 2.57. The summed E-state index contributed by atoms with van der Waals surface area (Å²) in [5.41, 5.74) is 7.74. The van der Waals surface area contributed by atoms with Gasteiger partial charge in [0.05, 0.1) is 18.0 Å². The number of piperazine rings is 1. The maximum atomic E-state index is 9.48. The Morgan fingerprint density at radius 1 is 0.750 bits per heavy atom. The number of rotatable bonds is 17. The van der Waals surface area contributed by atoms with Crippen molar-refractivity contribution in [3.05, 3.63) is 71.9 Å². The molecular formula is C45H62N6O. The van der Waals surface area contributed by atoms with Gasteiger partial charge in [0.15, 0.2) is 5.65 Å². The summed E-state index contributed by atoms with van der Waals surface area (Å²) in [6, 6.07) is 21.9. The van der Waals surface area contributed by atoms with Gasteiger partial charge in [-0.15, -0.1) is 0 Å². The number of β-amino-alcohol motifs (C(OH)–C–C–N with tert-alkyl or cyclic N) is 1. The molecule has 0 radical (unpaired) electrons. The number of aryl methyl sites for hydroxylation is 2. The maximum Gasteiger partial charge on any atom is 0.166 e. The van der Waals surface area contributed by atoms with Gasteiger partial charge in [-0.2, -0.15) is 9.61 Å². The first-order valence-corrected chi connectivity index (χ1v) is 21.0. The Kier molecular flexibility index (Phi) is 11.6. The second-order valence-corrected chi connectivity index (χ2v) is 16.8. The van der Waals surface area contributed by atoms with Gasteiger partial charge in [0.25, 0.3) is 0 Å². The Morgan fingerprint density at radius 3 is 2.21 bits per heavy atom. The molecule has 278 valence electrons. The quantitative estimate of drug-likeness (QED) is 0.108. The Balaban J connectivity index is 0.832. The Labute approximate surface area is 312 Å². The van der Waals surface area contributed by atoms with E-state index in [0.717, 1.165) is 103 Å². The molecular weight excluding hydrogens is 641 g/mol. The molecule has 0 unspecified atom stereocenters. The lowest BCUT2D eigenvalue weighted by atomic mass is 9.51. The highest BCUT2D eigenvalue weighted by molar-refractivity contribution is 5.83. The molecule has 5 aliphatic rings. The van der Waals surface area contributed by atoms with Crippen LogP contribution in [0, 0.1) is 36.5 Å². The summed E-state index contributed by atoms with van der Waals surface area (Å²) in [4.78, 5) is 10.1. The number of benzene rings is 2. The van der Waals surface area contributed by atoms with Crippen molar-refractivity contribution in [2.75, 3.05) is 57.3 Å². The van der Waals surface area contributed by atoms with Gasteiger partial charge in [0.2, 0.25) is 0 Å². The van der Waals surface area contributed by atoms with Crippen LogP contribution in [-0.2, 0) is 6.42 Å². The molecule has 3 heterocycles. The van der Waals surface area contributed by atoms with Crippen molar-refractivity contribution >= 4 is 11.5 Å². The van der Waals surface area contributed by atoms with E-state index >= 15 is 0 Å². The van der Waals surface area contributed by atoms with Crippen LogP contribution in [0.3, 0.4) is 0 Å². The zero-order valence-corrected chi connectivity index (χ0v) is 31.7. The monoisotopic (exact) mass is 702 g/mol. The molecule has 4 aliphatic carbocycles. The molecule has 52 heavy (non-hydrogen) atoms. The van der Waals surface area contributed by atoms with Gasteiger partial charge in [-0.1, -0.05) is 74.2 Å². The van der Waals surface area contributed by atoms with E-state index in [4.69, 9.17) is 10.1 Å². The molecule has 7 nitrogen and oxygen atoms in total. The molecule has 9 rings (SSSR count). The molecule has 7 heteroatoms. The summed E-state index contributed by atoms with van der Waals surface area (Å²) in [5.74, 6) is 6.48. The Bertz CT molecular complexity index is 1720. The molecule has 0 amide bonds. The van der Waals surface area contributed by atoms with Crippen LogP contribution in [0.25, 0.3) is 28.0 Å². The highest BCUT2D eigenvalue weighted by atomic mass is 16.3. The highest BCUT2D eigenvalue weighted by Gasteiger charge is 2.47. The second kappa shape index (κ2) is 16.8. The number of fused-ring (bicyclic) bond motifs is 1. The van der Waals surface area contributed by atoms with E-state index in [9.17, 15) is 5.11 Å². The van der Waals surface area contributed by atoms with E-state index in [2.05, 4.69) is 87.2 Å². The van der Waals surface area contributed by atoms with Gasteiger partial charge in [-0.25, -0.2) is 4.98 Å². The van der Waals surface area contributed by atoms with Crippen molar-refractivity contribution in [1.82, 2.24) is 24.8 Å². The van der Waals surface area contributed by atoms with Crippen LogP contribution in [-0.4, -0.2) is 77.0 Å². The lowest BCUT2D eigenvalue weighted by molar-refractivity contribution is -0.0392. The van der Waals surface area contributed by atoms with Gasteiger partial charge < -0.3 is 15.3 Å². The standard InChI is InChI=1S/C45H62N6O/c1-33-44(37-14-8-6-9-15-37)45-47-42(32-43(51(45)48-33)50-22-20-49(21-23-50)24-25-52)38-16-11-13-34(27-38)12-7-4-2-3-5-10-18-46-19-17-41-39-28-35-26-36(30-39)31-40(41)29-35/h6,8-9,11,13-16,27,32,35-36,39-41,46,52H,2-5,7,10,12,17-26,28-31H2,1H3. The molecule has 5 fully saturated rings. The molecule has 0 atom stereocenters. The fourth-order valence-corrected chi connectivity index (χ4v) is 10.8. The number of unbranched alkanes of at least 4 members (excludes halogenated alkanes) is 5. The number of aliphatic hydroxyl groups is 1. The Morgan fingerprint density at radius 2 is 1.46 bits per heavy atom. The maximum absolute atomic E-state index is 9.48. The summed E-state index contributed by atoms with van der Waals surface area (Å²) in [5, 5.41) is 18.3. The van der Waals surface area contributed by atoms with Crippen molar-refractivity contribution in [3.8, 4) is 22.4 Å². The Hall–Kier alpha value is -3.26. The topological polar surface area (TPSA) is 68.9 Å². The lowest BCUT2D eigenvalue weighted by Crippen LogP contribution is -2.47. The van der Waals surface area contributed by atoms with E-state index in [1.165, 1.54) is 69.2 Å². The van der Waals surface area contributed by atoms with Gasteiger partial charge in [0.1, 0.15) is 5.82 Å². The third-order valence-electron chi connectivity index (χ3n) is 13.3. The predicted molar refractivity (Wildman–Crippen MR) is 214 cm³/mol. The van der Waals surface area contributed by atoms with Crippen LogP contribution >= 0.6 is 0 Å². The molecule has 2 aromatic carbocycles. The van der Waals surface area contributed by atoms with Crippen molar-refractivity contribution in [2.24, 2.45) is 29.6 Å². The van der Waals surface area contributed by atoms with Crippen molar-refractivity contribution in [3.63, 3.8) is 0 Å². The van der Waals surface area contributed by atoms with Crippen molar-refractivity contribution in [2.45, 2.75) is 90.4 Å². The number of nitrogens with zero attached hydrogens (tertiary/aromatic N) is 5. The number of hydrogen-bond acceptors (Lipinski definition) is 6. The lowest BCUT2D eigenvalue weighted by Gasteiger charge is -2.54. The van der Waals surface area contributed by atoms with Gasteiger partial charge in [0, 0.05) is 49.9 Å². The summed E-state index contributed by atoms with van der Waals surface area (Å²) >= 11 is 0. The van der Waals surface area contributed by atoms with Crippen LogP contribution in [0.4, 0.5) is 5.82 Å². The first-order valence-electron chi connectivity index (χ1n) is 21.0. The minimum Gasteiger partial charge on any atom is -0.395 e. The van der Waals surface area contributed by atoms with E-state index in [-0.39, 0.29) is 6.61 Å². The molecule has 4 aromatic rings. The van der Waals surface area contributed by atoms with Gasteiger partial charge >= 0.3 is 0 Å². The molecule has 2 N–H and O–H groups in total. The van der Waals surface area contributed by atoms with Crippen LogP contribution in [0.2, 0.25) is 0 Å². The van der Waals surface area contributed by atoms with Crippen LogP contribution in [0.5, 0.6) is 0 Å². The summed E-state index contributed by atoms with van der Waals surface area (Å²) in [6.07, 6.45) is 18.3. The number of hydrogen-bond donors (Lipinski definition) is 2. The summed E-state index contributed by atoms with van der Waals surface area (Å²) < 4.78 is 2.06. The van der Waals surface area contributed by atoms with E-state index < -0.39 is 0 Å². The smallest absolute Gasteiger partial charge is 0.166 e.